The van der Waals surface area contributed by atoms with Gasteiger partial charge in [0.2, 0.25) is 0 Å². The number of rotatable bonds is 8. The number of benzene rings is 2. The predicted octanol–water partition coefficient (Wildman–Crippen LogP) is 2.33. The summed E-state index contributed by atoms with van der Waals surface area (Å²) in [6.45, 7) is 0.863. The van der Waals surface area contributed by atoms with Crippen LogP contribution in [0.15, 0.2) is 42.5 Å². The first kappa shape index (κ1) is 19.3. The lowest BCUT2D eigenvalue weighted by atomic mass is 10.1. The van der Waals surface area contributed by atoms with Crippen LogP contribution in [-0.4, -0.2) is 46.3 Å². The van der Waals surface area contributed by atoms with E-state index in [1.54, 1.807) is 56.7 Å². The lowest BCUT2D eigenvalue weighted by Crippen LogP contribution is -2.27. The third-order valence-electron chi connectivity index (χ3n) is 3.66. The molecule has 2 aromatic carbocycles. The molecule has 0 saturated carbocycles. The largest absolute Gasteiger partial charge is 0.497 e. The first-order valence-corrected chi connectivity index (χ1v) is 7.99. The van der Waals surface area contributed by atoms with Gasteiger partial charge in [0, 0.05) is 30.8 Å². The van der Waals surface area contributed by atoms with Crippen LogP contribution in [0, 0.1) is 0 Å². The molecule has 0 radical (unpaired) electrons. The number of anilines is 1. The molecule has 0 saturated heterocycles. The van der Waals surface area contributed by atoms with Crippen LogP contribution >= 0.6 is 0 Å². The number of carbonyl (C=O) groups is 2. The number of hydrogen-bond acceptors (Lipinski definition) is 5. The molecule has 0 aliphatic carbocycles. The Morgan fingerprint density at radius 2 is 1.54 bits per heavy atom. The van der Waals surface area contributed by atoms with Crippen LogP contribution in [0.1, 0.15) is 20.7 Å². The molecule has 26 heavy (non-hydrogen) atoms. The molecule has 0 aliphatic rings. The molecule has 2 rings (SSSR count). The summed E-state index contributed by atoms with van der Waals surface area (Å²) in [5.41, 5.74) is 1.39. The van der Waals surface area contributed by atoms with Gasteiger partial charge in [-0.05, 0) is 36.4 Å². The van der Waals surface area contributed by atoms with Crippen LogP contribution in [0.5, 0.6) is 11.5 Å². The van der Waals surface area contributed by atoms with Gasteiger partial charge < -0.3 is 24.8 Å². The zero-order valence-electron chi connectivity index (χ0n) is 15.0. The minimum atomic E-state index is -0.317. The first-order valence-electron chi connectivity index (χ1n) is 7.99. The zero-order chi connectivity index (χ0) is 18.9. The minimum absolute atomic E-state index is 0.219. The first-order chi connectivity index (χ1) is 12.6. The maximum absolute atomic E-state index is 12.4. The fourth-order valence-electron chi connectivity index (χ4n) is 2.25. The van der Waals surface area contributed by atoms with Gasteiger partial charge in [-0.3, -0.25) is 9.59 Å². The fourth-order valence-corrected chi connectivity index (χ4v) is 2.25. The Labute approximate surface area is 152 Å². The van der Waals surface area contributed by atoms with Crippen molar-refractivity contribution in [2.75, 3.05) is 39.8 Å². The van der Waals surface area contributed by atoms with Crippen LogP contribution in [0.4, 0.5) is 5.69 Å². The van der Waals surface area contributed by atoms with E-state index < -0.39 is 0 Å². The van der Waals surface area contributed by atoms with Crippen molar-refractivity contribution in [1.29, 1.82) is 0 Å². The Kier molecular flexibility index (Phi) is 6.99. The summed E-state index contributed by atoms with van der Waals surface area (Å²) in [5, 5.41) is 5.50. The molecule has 0 bridgehead atoms. The quantitative estimate of drug-likeness (QED) is 0.708. The Hall–Kier alpha value is -3.06. The smallest absolute Gasteiger partial charge is 0.255 e. The maximum atomic E-state index is 12.4. The van der Waals surface area contributed by atoms with Gasteiger partial charge in [-0.2, -0.15) is 0 Å². The van der Waals surface area contributed by atoms with E-state index >= 15 is 0 Å². The van der Waals surface area contributed by atoms with E-state index in [1.165, 1.54) is 7.11 Å². The molecular weight excluding hydrogens is 336 g/mol. The van der Waals surface area contributed by atoms with Crippen molar-refractivity contribution in [3.8, 4) is 11.5 Å². The second-order valence-electron chi connectivity index (χ2n) is 5.35. The Morgan fingerprint density at radius 1 is 0.885 bits per heavy atom. The van der Waals surface area contributed by atoms with Crippen molar-refractivity contribution in [2.45, 2.75) is 0 Å². The fraction of sp³-hybridized carbons (Fsp3) is 0.263. The standard InChI is InChI=1S/C19H22N2O5/c1-24-11-10-20-18(22)13-4-6-14(7-5-13)19(23)21-16-12-15(25-2)8-9-17(16)26-3/h4-9,12H,10-11H2,1-3H3,(H,20,22)(H,21,23). The van der Waals surface area contributed by atoms with Gasteiger partial charge >= 0.3 is 0 Å². The van der Waals surface area contributed by atoms with Gasteiger partial charge in [-0.15, -0.1) is 0 Å². The lowest BCUT2D eigenvalue weighted by Gasteiger charge is -2.12. The Bertz CT molecular complexity index is 759. The summed E-state index contributed by atoms with van der Waals surface area (Å²) in [7, 11) is 4.63. The predicted molar refractivity (Wildman–Crippen MR) is 98.2 cm³/mol. The third kappa shape index (κ3) is 4.97. The number of nitrogens with one attached hydrogen (secondary N) is 2. The summed E-state index contributed by atoms with van der Waals surface area (Å²) in [5.74, 6) is 0.587. The number of ether oxygens (including phenoxy) is 3. The highest BCUT2D eigenvalue weighted by Crippen LogP contribution is 2.29. The molecule has 2 aromatic rings. The summed E-state index contributed by atoms with van der Waals surface area (Å²) in [6, 6.07) is 11.5. The minimum Gasteiger partial charge on any atom is -0.497 e. The van der Waals surface area contributed by atoms with Crippen LogP contribution in [0.2, 0.25) is 0 Å². The molecule has 7 nitrogen and oxygen atoms in total. The van der Waals surface area contributed by atoms with Crippen LogP contribution in [0.3, 0.4) is 0 Å². The van der Waals surface area contributed by atoms with E-state index in [-0.39, 0.29) is 11.8 Å². The van der Waals surface area contributed by atoms with Gasteiger partial charge in [-0.25, -0.2) is 0 Å². The van der Waals surface area contributed by atoms with Gasteiger partial charge in [-0.1, -0.05) is 0 Å². The van der Waals surface area contributed by atoms with Crippen molar-refractivity contribution in [3.63, 3.8) is 0 Å². The normalized spacial score (nSPS) is 10.1. The maximum Gasteiger partial charge on any atom is 0.255 e. The van der Waals surface area contributed by atoms with E-state index in [0.717, 1.165) is 0 Å². The number of amides is 2. The van der Waals surface area contributed by atoms with E-state index in [9.17, 15) is 9.59 Å². The topological polar surface area (TPSA) is 85.9 Å². The molecule has 2 N–H and O–H groups in total. The van der Waals surface area contributed by atoms with E-state index in [1.807, 2.05) is 0 Å². The van der Waals surface area contributed by atoms with E-state index in [2.05, 4.69) is 10.6 Å². The highest BCUT2D eigenvalue weighted by Gasteiger charge is 2.12. The molecule has 0 fully saturated rings. The molecule has 0 spiro atoms. The Morgan fingerprint density at radius 3 is 2.12 bits per heavy atom. The monoisotopic (exact) mass is 358 g/mol. The molecule has 7 heteroatoms. The summed E-state index contributed by atoms with van der Waals surface area (Å²) in [4.78, 5) is 24.4. The van der Waals surface area contributed by atoms with Gasteiger partial charge in [0.15, 0.2) is 0 Å². The second-order valence-corrected chi connectivity index (χ2v) is 5.35. The molecule has 0 heterocycles. The molecular formula is C19H22N2O5. The summed E-state index contributed by atoms with van der Waals surface area (Å²) >= 11 is 0. The summed E-state index contributed by atoms with van der Waals surface area (Å²) < 4.78 is 15.3. The average Bonchev–Trinajstić information content (AvgIpc) is 2.68. The van der Waals surface area contributed by atoms with Crippen molar-refractivity contribution < 1.29 is 23.8 Å². The Balaban J connectivity index is 2.07. The highest BCUT2D eigenvalue weighted by atomic mass is 16.5. The number of hydrogen-bond donors (Lipinski definition) is 2. The van der Waals surface area contributed by atoms with Crippen LogP contribution < -0.4 is 20.1 Å². The molecule has 0 aromatic heterocycles. The SMILES string of the molecule is COCCNC(=O)c1ccc(C(=O)Nc2cc(OC)ccc2OC)cc1. The van der Waals surface area contributed by atoms with Crippen molar-refractivity contribution >= 4 is 17.5 Å². The molecule has 138 valence electrons. The van der Waals surface area contributed by atoms with Gasteiger partial charge in [0.05, 0.1) is 26.5 Å². The number of carbonyl (C=O) groups excluding carboxylic acids is 2. The molecule has 0 aliphatic heterocycles. The van der Waals surface area contributed by atoms with Crippen LogP contribution in [0.25, 0.3) is 0 Å². The molecule has 0 atom stereocenters. The van der Waals surface area contributed by atoms with Crippen molar-refractivity contribution in [2.24, 2.45) is 0 Å². The van der Waals surface area contributed by atoms with E-state index in [0.29, 0.717) is 41.5 Å². The van der Waals surface area contributed by atoms with E-state index in [4.69, 9.17) is 14.2 Å². The van der Waals surface area contributed by atoms with Crippen molar-refractivity contribution in [3.05, 3.63) is 53.6 Å². The van der Waals surface area contributed by atoms with Gasteiger partial charge in [0.25, 0.3) is 11.8 Å². The second kappa shape index (κ2) is 9.43. The lowest BCUT2D eigenvalue weighted by molar-refractivity contribution is 0.0935. The van der Waals surface area contributed by atoms with Crippen molar-refractivity contribution in [1.82, 2.24) is 5.32 Å². The summed E-state index contributed by atoms with van der Waals surface area (Å²) in [6.07, 6.45) is 0. The third-order valence-corrected chi connectivity index (χ3v) is 3.66. The molecule has 2 amide bonds. The zero-order valence-corrected chi connectivity index (χ0v) is 15.0. The van der Waals surface area contributed by atoms with Gasteiger partial charge in [0.1, 0.15) is 11.5 Å². The molecule has 0 unspecified atom stereocenters. The average molecular weight is 358 g/mol. The highest BCUT2D eigenvalue weighted by molar-refractivity contribution is 6.05. The number of methoxy groups -OCH3 is 3. The van der Waals surface area contributed by atoms with Crippen LogP contribution in [-0.2, 0) is 4.74 Å².